The largest absolute Gasteiger partial charge is 0.480 e. The van der Waals surface area contributed by atoms with Crippen molar-refractivity contribution >= 4 is 22.4 Å². The van der Waals surface area contributed by atoms with Crippen molar-refractivity contribution in [2.75, 3.05) is 31.1 Å². The molecule has 2 aliphatic heterocycles. The second-order valence-corrected chi connectivity index (χ2v) is 6.34. The van der Waals surface area contributed by atoms with Crippen molar-refractivity contribution in [3.8, 4) is 0 Å². The van der Waals surface area contributed by atoms with E-state index >= 15 is 0 Å². The summed E-state index contributed by atoms with van der Waals surface area (Å²) in [6.07, 6.45) is 3.87. The minimum absolute atomic E-state index is 0.462. The number of carbonyl (C=O) groups is 1. The molecule has 0 radical (unpaired) electrons. The molecule has 3 rings (SSSR count). The van der Waals surface area contributed by atoms with Gasteiger partial charge in [0, 0.05) is 31.1 Å². The summed E-state index contributed by atoms with van der Waals surface area (Å²) in [5.41, 5.74) is 6.07. The highest BCUT2D eigenvalue weighted by Gasteiger charge is 2.30. The summed E-state index contributed by atoms with van der Waals surface area (Å²) < 4.78 is 0. The van der Waals surface area contributed by atoms with Crippen molar-refractivity contribution in [1.29, 1.82) is 0 Å². The zero-order valence-corrected chi connectivity index (χ0v) is 12.2. The maximum atomic E-state index is 10.9. The van der Waals surface area contributed by atoms with Crippen molar-refractivity contribution in [2.24, 2.45) is 5.73 Å². The normalized spacial score (nSPS) is 25.2. The lowest BCUT2D eigenvalue weighted by atomic mass is 10.00. The molecule has 0 aliphatic carbocycles. The Bertz CT molecular complexity index is 492. The molecule has 0 aromatic carbocycles. The molecule has 2 atom stereocenters. The fourth-order valence-electron chi connectivity index (χ4n) is 3.02. The van der Waals surface area contributed by atoms with Crippen molar-refractivity contribution in [1.82, 2.24) is 9.88 Å². The van der Waals surface area contributed by atoms with Gasteiger partial charge in [-0.1, -0.05) is 6.42 Å². The summed E-state index contributed by atoms with van der Waals surface area (Å²) in [6.45, 7) is 4.25. The average Bonchev–Trinajstić information content (AvgIpc) is 2.95. The Morgan fingerprint density at radius 1 is 1.45 bits per heavy atom. The predicted octanol–water partition coefficient (Wildman–Crippen LogP) is 0.902. The van der Waals surface area contributed by atoms with Gasteiger partial charge in [0.1, 0.15) is 6.04 Å². The van der Waals surface area contributed by atoms with Crippen LogP contribution in [-0.2, 0) is 4.79 Å². The Morgan fingerprint density at radius 2 is 2.30 bits per heavy atom. The van der Waals surface area contributed by atoms with Gasteiger partial charge in [-0.3, -0.25) is 9.69 Å². The van der Waals surface area contributed by atoms with Crippen LogP contribution < -0.4 is 10.6 Å². The van der Waals surface area contributed by atoms with E-state index in [1.807, 2.05) is 0 Å². The van der Waals surface area contributed by atoms with Crippen LogP contribution in [0, 0.1) is 0 Å². The molecule has 0 spiro atoms. The van der Waals surface area contributed by atoms with Gasteiger partial charge < -0.3 is 15.7 Å². The summed E-state index contributed by atoms with van der Waals surface area (Å²) in [4.78, 5) is 20.1. The lowest BCUT2D eigenvalue weighted by molar-refractivity contribution is -0.138. The third-order valence-corrected chi connectivity index (χ3v) is 5.12. The maximum absolute atomic E-state index is 10.9. The first-order chi connectivity index (χ1) is 9.65. The van der Waals surface area contributed by atoms with E-state index in [1.54, 1.807) is 5.38 Å². The first-order valence-electron chi connectivity index (χ1n) is 7.08. The molecule has 3 N–H and O–H groups in total. The van der Waals surface area contributed by atoms with Gasteiger partial charge in [-0.25, -0.2) is 4.98 Å². The number of hydrogen-bond acceptors (Lipinski definition) is 6. The summed E-state index contributed by atoms with van der Waals surface area (Å²) in [6, 6.07) is -0.394. The second kappa shape index (κ2) is 5.67. The first kappa shape index (κ1) is 13.8. The van der Waals surface area contributed by atoms with E-state index < -0.39 is 12.0 Å². The van der Waals surface area contributed by atoms with Crippen molar-refractivity contribution < 1.29 is 9.90 Å². The van der Waals surface area contributed by atoms with Gasteiger partial charge in [-0.15, -0.1) is 11.3 Å². The molecule has 3 heterocycles. The molecule has 2 unspecified atom stereocenters. The van der Waals surface area contributed by atoms with Gasteiger partial charge in [0.15, 0.2) is 5.13 Å². The number of carboxylic acid groups (broad SMARTS) is 1. The van der Waals surface area contributed by atoms with Gasteiger partial charge in [0.05, 0.1) is 5.69 Å². The van der Waals surface area contributed by atoms with Crippen LogP contribution in [0.4, 0.5) is 5.13 Å². The van der Waals surface area contributed by atoms with Gasteiger partial charge in [-0.05, 0) is 19.4 Å². The van der Waals surface area contributed by atoms with Crippen molar-refractivity contribution in [2.45, 2.75) is 31.3 Å². The molecular formula is C13H20N4O2S. The molecule has 2 aliphatic rings. The zero-order chi connectivity index (χ0) is 14.1. The number of aliphatic carboxylic acids is 1. The Labute approximate surface area is 122 Å². The van der Waals surface area contributed by atoms with Crippen molar-refractivity contribution in [3.05, 3.63) is 11.1 Å². The summed E-state index contributed by atoms with van der Waals surface area (Å²) in [5, 5.41) is 11.6. The summed E-state index contributed by atoms with van der Waals surface area (Å²) in [7, 11) is 0. The lowest BCUT2D eigenvalue weighted by Crippen LogP contribution is -2.54. The minimum Gasteiger partial charge on any atom is -0.480 e. The zero-order valence-electron chi connectivity index (χ0n) is 11.4. The SMILES string of the molecule is NC(C(=O)O)c1csc(N2CCN3CCCCC3C2)n1. The smallest absolute Gasteiger partial charge is 0.326 e. The van der Waals surface area contributed by atoms with E-state index in [2.05, 4.69) is 14.8 Å². The number of carboxylic acids is 1. The van der Waals surface area contributed by atoms with Crippen LogP contribution in [0.3, 0.4) is 0 Å². The second-order valence-electron chi connectivity index (χ2n) is 5.50. The van der Waals surface area contributed by atoms with Crippen LogP contribution in [0.2, 0.25) is 0 Å². The molecule has 0 amide bonds. The van der Waals surface area contributed by atoms with E-state index in [0.717, 1.165) is 24.8 Å². The fourth-order valence-corrected chi connectivity index (χ4v) is 3.92. The number of fused-ring (bicyclic) bond motifs is 1. The van der Waals surface area contributed by atoms with E-state index in [9.17, 15) is 4.79 Å². The van der Waals surface area contributed by atoms with Crippen LogP contribution in [0.1, 0.15) is 31.0 Å². The maximum Gasteiger partial charge on any atom is 0.326 e. The molecule has 1 aromatic heterocycles. The van der Waals surface area contributed by atoms with E-state index in [0.29, 0.717) is 11.7 Å². The quantitative estimate of drug-likeness (QED) is 0.862. The van der Waals surface area contributed by atoms with Gasteiger partial charge in [-0.2, -0.15) is 0 Å². The van der Waals surface area contributed by atoms with Crippen LogP contribution >= 0.6 is 11.3 Å². The molecule has 6 nitrogen and oxygen atoms in total. The van der Waals surface area contributed by atoms with Gasteiger partial charge >= 0.3 is 5.97 Å². The molecule has 110 valence electrons. The molecule has 2 saturated heterocycles. The topological polar surface area (TPSA) is 82.7 Å². The standard InChI is InChI=1S/C13H20N4O2S/c14-11(12(18)19)10-8-20-13(15-10)17-6-5-16-4-2-1-3-9(16)7-17/h8-9,11H,1-7,14H2,(H,18,19). The van der Waals surface area contributed by atoms with Crippen LogP contribution in [0.15, 0.2) is 5.38 Å². The number of nitrogens with two attached hydrogens (primary N) is 1. The third kappa shape index (κ3) is 2.65. The van der Waals surface area contributed by atoms with E-state index in [4.69, 9.17) is 10.8 Å². The van der Waals surface area contributed by atoms with Crippen molar-refractivity contribution in [3.63, 3.8) is 0 Å². The van der Waals surface area contributed by atoms with E-state index in [-0.39, 0.29) is 0 Å². The predicted molar refractivity (Wildman–Crippen MR) is 78.1 cm³/mol. The highest BCUT2D eigenvalue weighted by Crippen LogP contribution is 2.28. The first-order valence-corrected chi connectivity index (χ1v) is 7.96. The van der Waals surface area contributed by atoms with E-state index in [1.165, 1.54) is 37.1 Å². The van der Waals surface area contributed by atoms with Gasteiger partial charge in [0.25, 0.3) is 0 Å². The molecular weight excluding hydrogens is 276 g/mol. The molecule has 20 heavy (non-hydrogen) atoms. The number of thiazole rings is 1. The number of aromatic nitrogens is 1. The Kier molecular flexibility index (Phi) is 3.91. The van der Waals surface area contributed by atoms with Crippen LogP contribution in [0.25, 0.3) is 0 Å². The van der Waals surface area contributed by atoms with Gasteiger partial charge in [0.2, 0.25) is 0 Å². The minimum atomic E-state index is -1.03. The van der Waals surface area contributed by atoms with Crippen LogP contribution in [-0.4, -0.2) is 53.2 Å². The molecule has 7 heteroatoms. The number of piperidine rings is 1. The Morgan fingerprint density at radius 3 is 3.10 bits per heavy atom. The average molecular weight is 296 g/mol. The molecule has 2 fully saturated rings. The number of rotatable bonds is 3. The monoisotopic (exact) mass is 296 g/mol. The number of piperazine rings is 1. The van der Waals surface area contributed by atoms with Crippen LogP contribution in [0.5, 0.6) is 0 Å². The fraction of sp³-hybridized carbons (Fsp3) is 0.692. The Hall–Kier alpha value is -1.18. The highest BCUT2D eigenvalue weighted by atomic mass is 32.1. The molecule has 0 saturated carbocycles. The third-order valence-electron chi connectivity index (χ3n) is 4.20. The number of hydrogen-bond donors (Lipinski definition) is 2. The summed E-state index contributed by atoms with van der Waals surface area (Å²) >= 11 is 1.49. The molecule has 1 aromatic rings. The number of nitrogens with zero attached hydrogens (tertiary/aromatic N) is 3. The Balaban J connectivity index is 1.69. The lowest BCUT2D eigenvalue weighted by Gasteiger charge is -2.44. The molecule has 0 bridgehead atoms. The number of anilines is 1. The highest BCUT2D eigenvalue weighted by molar-refractivity contribution is 7.13. The summed E-state index contributed by atoms with van der Waals surface area (Å²) in [5.74, 6) is -1.03.